The Labute approximate surface area is 357 Å². The number of aromatic hydroxyl groups is 1. The maximum atomic E-state index is 13.1. The Morgan fingerprint density at radius 3 is 2.46 bits per heavy atom. The first kappa shape index (κ1) is 43.6. The Hall–Kier alpha value is -5.47. The number of H-pyrrole nitrogens is 1. The molecule has 1 aliphatic rings. The molecule has 0 aliphatic heterocycles. The number of ether oxygens (including phenoxy) is 1. The van der Waals surface area contributed by atoms with Crippen LogP contribution in [0.15, 0.2) is 105 Å². The van der Waals surface area contributed by atoms with Crippen LogP contribution in [-0.2, 0) is 28.7 Å². The second-order valence-electron chi connectivity index (χ2n) is 17.9. The monoisotopic (exact) mass is 845 g/mol. The molecule has 1 saturated carbocycles. The fourth-order valence-corrected chi connectivity index (χ4v) is 9.16. The zero-order chi connectivity index (χ0) is 43.3. The molecule has 12 nitrogen and oxygen atoms in total. The summed E-state index contributed by atoms with van der Waals surface area (Å²) < 4.78 is 20.2. The van der Waals surface area contributed by atoms with Crippen molar-refractivity contribution >= 4 is 42.1 Å². The number of amides is 1. The molecular formula is C48H59N5O7Si. The highest BCUT2D eigenvalue weighted by atomic mass is 28.4. The molecule has 1 fully saturated rings. The molecule has 1 atom stereocenters. The number of phenols is 1. The number of nitrogens with two attached hydrogens (primary N) is 1. The largest absolute Gasteiger partial charge is 0.506 e. The summed E-state index contributed by atoms with van der Waals surface area (Å²) in [6, 6.07) is 28.8. The van der Waals surface area contributed by atoms with Crippen LogP contribution in [0.25, 0.3) is 33.1 Å². The molecule has 4 aromatic carbocycles. The molecule has 1 amide bonds. The molecule has 61 heavy (non-hydrogen) atoms. The lowest BCUT2D eigenvalue weighted by Crippen LogP contribution is -2.43. The van der Waals surface area contributed by atoms with Crippen molar-refractivity contribution in [3.8, 4) is 16.9 Å². The van der Waals surface area contributed by atoms with Gasteiger partial charge in [0.2, 0.25) is 5.56 Å². The smallest absolute Gasteiger partial charge is 0.419 e. The van der Waals surface area contributed by atoms with E-state index in [1.807, 2.05) is 66.7 Å². The van der Waals surface area contributed by atoms with Gasteiger partial charge in [-0.15, -0.1) is 0 Å². The number of carbonyl (C=O) groups excluding carboxylic acids is 1. The van der Waals surface area contributed by atoms with Gasteiger partial charge in [0.15, 0.2) is 13.9 Å². The van der Waals surface area contributed by atoms with E-state index in [2.05, 4.69) is 55.5 Å². The van der Waals surface area contributed by atoms with Gasteiger partial charge in [0.05, 0.1) is 22.8 Å². The number of carbonyl (C=O) groups is 1. The highest BCUT2D eigenvalue weighted by Crippen LogP contribution is 2.41. The zero-order valence-electron chi connectivity index (χ0n) is 35.9. The predicted molar refractivity (Wildman–Crippen MR) is 245 cm³/mol. The second-order valence-corrected chi connectivity index (χ2v) is 22.6. The van der Waals surface area contributed by atoms with Crippen LogP contribution < -0.4 is 27.7 Å². The van der Waals surface area contributed by atoms with E-state index in [1.165, 1.54) is 6.07 Å². The van der Waals surface area contributed by atoms with Gasteiger partial charge in [-0.2, -0.15) is 0 Å². The number of hydrogen-bond donors (Lipinski definition) is 5. The third-order valence-corrected chi connectivity index (χ3v) is 16.9. The molecule has 6 aromatic rings. The SMILES string of the molecule is CC(C)(C)[Si](C)(C)O[C@@H](CNCc1ccc2c(c1)oc(=O)n2CCCCc1ccc(-c2ccccc2)c(NC(=O)OC2CCC(N)CC2)c1)c1ccc(O)c2[nH]c(=O)ccc12. The van der Waals surface area contributed by atoms with Gasteiger partial charge in [-0.05, 0) is 116 Å². The molecule has 322 valence electrons. The average molecular weight is 846 g/mol. The quantitative estimate of drug-likeness (QED) is 0.0498. The van der Waals surface area contributed by atoms with E-state index in [1.54, 1.807) is 16.7 Å². The maximum absolute atomic E-state index is 13.1. The van der Waals surface area contributed by atoms with E-state index in [9.17, 15) is 19.5 Å². The second kappa shape index (κ2) is 18.6. The lowest BCUT2D eigenvalue weighted by Gasteiger charge is -2.39. The lowest BCUT2D eigenvalue weighted by molar-refractivity contribution is 0.0826. The first-order valence-electron chi connectivity index (χ1n) is 21.4. The Morgan fingerprint density at radius 1 is 0.951 bits per heavy atom. The Bertz CT molecular complexity index is 2590. The van der Waals surface area contributed by atoms with Crippen molar-refractivity contribution in [3.63, 3.8) is 0 Å². The number of hydrogen-bond acceptors (Lipinski definition) is 9. The summed E-state index contributed by atoms with van der Waals surface area (Å²) in [4.78, 5) is 41.0. The number of rotatable bonds is 15. The summed E-state index contributed by atoms with van der Waals surface area (Å²) in [6.07, 6.45) is 4.64. The molecule has 2 heterocycles. The number of aromatic nitrogens is 2. The third-order valence-electron chi connectivity index (χ3n) is 12.4. The molecule has 0 spiro atoms. The number of fused-ring (bicyclic) bond motifs is 2. The molecule has 0 radical (unpaired) electrons. The first-order valence-corrected chi connectivity index (χ1v) is 24.3. The number of benzene rings is 4. The number of unbranched alkanes of at least 4 members (excludes halogenated alkanes) is 1. The van der Waals surface area contributed by atoms with Crippen LogP contribution >= 0.6 is 0 Å². The van der Waals surface area contributed by atoms with Gasteiger partial charge < -0.3 is 34.7 Å². The van der Waals surface area contributed by atoms with Crippen LogP contribution in [0, 0.1) is 0 Å². The minimum absolute atomic E-state index is 0.00859. The van der Waals surface area contributed by atoms with E-state index >= 15 is 0 Å². The van der Waals surface area contributed by atoms with E-state index in [0.29, 0.717) is 36.4 Å². The Balaban J connectivity index is 0.988. The normalized spacial score (nSPS) is 16.5. The lowest BCUT2D eigenvalue weighted by atomic mass is 9.94. The number of nitrogens with one attached hydrogen (secondary N) is 3. The van der Waals surface area contributed by atoms with E-state index in [-0.39, 0.29) is 34.6 Å². The summed E-state index contributed by atoms with van der Waals surface area (Å²) in [5.74, 6) is -0.383. The molecule has 0 bridgehead atoms. The maximum Gasteiger partial charge on any atom is 0.419 e. The minimum Gasteiger partial charge on any atom is -0.506 e. The number of pyridine rings is 1. The molecule has 0 unspecified atom stereocenters. The van der Waals surface area contributed by atoms with Crippen molar-refractivity contribution in [1.29, 1.82) is 0 Å². The van der Waals surface area contributed by atoms with Gasteiger partial charge in [0.1, 0.15) is 11.9 Å². The van der Waals surface area contributed by atoms with Crippen LogP contribution in [0.1, 0.15) is 82.1 Å². The van der Waals surface area contributed by atoms with Crippen molar-refractivity contribution in [3.05, 3.63) is 129 Å². The predicted octanol–water partition coefficient (Wildman–Crippen LogP) is 9.50. The van der Waals surface area contributed by atoms with Crippen molar-refractivity contribution in [2.75, 3.05) is 11.9 Å². The van der Waals surface area contributed by atoms with Gasteiger partial charge in [0, 0.05) is 42.7 Å². The minimum atomic E-state index is -2.25. The molecule has 6 N–H and O–H groups in total. The third kappa shape index (κ3) is 10.5. The molecule has 1 aliphatic carbocycles. The van der Waals surface area contributed by atoms with Crippen LogP contribution in [0.3, 0.4) is 0 Å². The highest BCUT2D eigenvalue weighted by molar-refractivity contribution is 6.74. The number of aryl methyl sites for hydroxylation is 2. The number of anilines is 1. The van der Waals surface area contributed by atoms with Gasteiger partial charge in [-0.25, -0.2) is 9.59 Å². The van der Waals surface area contributed by atoms with E-state index < -0.39 is 20.2 Å². The van der Waals surface area contributed by atoms with Crippen molar-refractivity contribution in [1.82, 2.24) is 14.9 Å². The molecule has 13 heteroatoms. The Kier molecular flexibility index (Phi) is 13.3. The molecule has 7 rings (SSSR count). The zero-order valence-corrected chi connectivity index (χ0v) is 36.9. The van der Waals surface area contributed by atoms with Crippen LogP contribution in [0.2, 0.25) is 18.1 Å². The number of phenolic OH excluding ortho intramolecular Hbond substituents is 1. The van der Waals surface area contributed by atoms with E-state index in [0.717, 1.165) is 83.7 Å². The summed E-state index contributed by atoms with van der Waals surface area (Å²) in [5, 5.41) is 17.8. The van der Waals surface area contributed by atoms with Crippen LogP contribution in [0.4, 0.5) is 10.5 Å². The van der Waals surface area contributed by atoms with Crippen LogP contribution in [0.5, 0.6) is 5.75 Å². The molecule has 0 saturated heterocycles. The van der Waals surface area contributed by atoms with Crippen molar-refractivity contribution in [2.24, 2.45) is 5.73 Å². The summed E-state index contributed by atoms with van der Waals surface area (Å²) in [7, 11) is -2.25. The highest BCUT2D eigenvalue weighted by Gasteiger charge is 2.40. The topological polar surface area (TPSA) is 174 Å². The first-order chi connectivity index (χ1) is 29.1. The molecule has 2 aromatic heterocycles. The molecular weight excluding hydrogens is 787 g/mol. The van der Waals surface area contributed by atoms with Crippen molar-refractivity contribution < 1.29 is 23.5 Å². The summed E-state index contributed by atoms with van der Waals surface area (Å²) >= 11 is 0. The van der Waals surface area contributed by atoms with Gasteiger partial charge in [-0.1, -0.05) is 75.4 Å². The van der Waals surface area contributed by atoms with Gasteiger partial charge in [0.25, 0.3) is 0 Å². The van der Waals surface area contributed by atoms with Gasteiger partial charge in [-0.3, -0.25) is 14.7 Å². The average Bonchev–Trinajstić information content (AvgIpc) is 3.53. The number of aromatic amines is 1. The van der Waals surface area contributed by atoms with Crippen LogP contribution in [-0.4, -0.2) is 47.8 Å². The number of nitrogens with zero attached hydrogens (tertiary/aromatic N) is 1. The fraction of sp³-hybridized carbons (Fsp3) is 0.396. The summed E-state index contributed by atoms with van der Waals surface area (Å²) in [6.45, 7) is 12.5. The van der Waals surface area contributed by atoms with Crippen molar-refractivity contribution in [2.45, 2.75) is 115 Å². The fourth-order valence-electron chi connectivity index (χ4n) is 7.88. The van der Waals surface area contributed by atoms with E-state index in [4.69, 9.17) is 19.3 Å². The Morgan fingerprint density at radius 2 is 1.70 bits per heavy atom. The van der Waals surface area contributed by atoms with Gasteiger partial charge >= 0.3 is 11.8 Å². The number of oxazole rings is 1. The standard InChI is InChI=1S/C48H59N5O7Si/c1-48(2,3)61(4,5)60-43(37-21-24-41(54)45-38(37)22-25-44(55)52-45)30-50-29-32-15-23-40-42(28-32)59-47(57)53(40)26-10-9-11-31-14-20-36(33-12-7-6-8-13-33)39(27-31)51-46(56)58-35-18-16-34(49)17-19-35/h6-8,12-15,20-25,27-28,34-35,43,50,54H,9-11,16-19,26,29-30,49H2,1-5H3,(H,51,56)(H,52,55)/t34?,35?,43-/m0/s1. The summed E-state index contributed by atoms with van der Waals surface area (Å²) in [5.41, 5.74) is 12.9.